The molecule has 2 aromatic rings. The quantitative estimate of drug-likeness (QED) is 0.625. The van der Waals surface area contributed by atoms with E-state index in [9.17, 15) is 18.5 Å². The van der Waals surface area contributed by atoms with Crippen LogP contribution in [0, 0.1) is 10.1 Å². The van der Waals surface area contributed by atoms with E-state index in [1.54, 1.807) is 23.3 Å². The minimum absolute atomic E-state index is 0.199. The molecule has 0 amide bonds. The Morgan fingerprint density at radius 2 is 2.08 bits per heavy atom. The van der Waals surface area contributed by atoms with Crippen LogP contribution in [0.25, 0.3) is 0 Å². The summed E-state index contributed by atoms with van der Waals surface area (Å²) < 4.78 is 23.3. The monoisotopic (exact) mass is 382 g/mol. The number of nitro benzene ring substituents is 1. The van der Waals surface area contributed by atoms with E-state index in [0.717, 1.165) is 42.5 Å². The molecule has 0 atom stereocenters. The molecule has 1 heterocycles. The highest BCUT2D eigenvalue weighted by atomic mass is 32.2. The Morgan fingerprint density at radius 3 is 2.72 bits per heavy atom. The van der Waals surface area contributed by atoms with Crippen molar-refractivity contribution in [3.05, 3.63) is 43.9 Å². The van der Waals surface area contributed by atoms with E-state index >= 15 is 0 Å². The molecule has 3 rings (SSSR count). The second kappa shape index (κ2) is 6.70. The SMILES string of the molecule is CN(Cc1nc2c(s1)CCCC2)c1cccc(S(N)(=O)=O)c1[N+](=O)[O-]. The number of fused-ring (bicyclic) bond motifs is 1. The predicted octanol–water partition coefficient (Wildman–Crippen LogP) is 2.21. The summed E-state index contributed by atoms with van der Waals surface area (Å²) in [5.41, 5.74) is 0.811. The minimum atomic E-state index is -4.19. The second-order valence-corrected chi connectivity index (χ2v) is 8.66. The highest BCUT2D eigenvalue weighted by Gasteiger charge is 2.28. The fourth-order valence-corrected chi connectivity index (χ4v) is 4.92. The second-order valence-electron chi connectivity index (χ2n) is 5.97. The first-order valence-electron chi connectivity index (χ1n) is 7.76. The van der Waals surface area contributed by atoms with E-state index < -0.39 is 25.5 Å². The van der Waals surface area contributed by atoms with Gasteiger partial charge in [0, 0.05) is 11.9 Å². The first kappa shape index (κ1) is 17.8. The largest absolute Gasteiger partial charge is 0.362 e. The summed E-state index contributed by atoms with van der Waals surface area (Å²) in [6.07, 6.45) is 4.29. The van der Waals surface area contributed by atoms with E-state index in [2.05, 4.69) is 4.98 Å². The van der Waals surface area contributed by atoms with E-state index in [4.69, 9.17) is 5.14 Å². The molecule has 0 aliphatic heterocycles. The van der Waals surface area contributed by atoms with Crippen LogP contribution in [0.5, 0.6) is 0 Å². The number of sulfonamides is 1. The lowest BCUT2D eigenvalue weighted by molar-refractivity contribution is -0.387. The zero-order valence-electron chi connectivity index (χ0n) is 13.6. The highest BCUT2D eigenvalue weighted by Crippen LogP contribution is 2.35. The van der Waals surface area contributed by atoms with Crippen molar-refractivity contribution >= 4 is 32.7 Å². The number of nitrogens with two attached hydrogens (primary N) is 1. The summed E-state index contributed by atoms with van der Waals surface area (Å²) in [5.74, 6) is 0. The van der Waals surface area contributed by atoms with Crippen LogP contribution in [0.2, 0.25) is 0 Å². The van der Waals surface area contributed by atoms with Crippen molar-refractivity contribution < 1.29 is 13.3 Å². The Kier molecular flexibility index (Phi) is 4.76. The van der Waals surface area contributed by atoms with Crippen LogP contribution in [-0.2, 0) is 29.4 Å². The Morgan fingerprint density at radius 1 is 1.36 bits per heavy atom. The Bertz CT molecular complexity index is 900. The summed E-state index contributed by atoms with van der Waals surface area (Å²) in [6.45, 7) is 0.368. The topological polar surface area (TPSA) is 119 Å². The van der Waals surface area contributed by atoms with Crippen LogP contribution in [0.3, 0.4) is 0 Å². The maximum Gasteiger partial charge on any atom is 0.312 e. The average Bonchev–Trinajstić information content (AvgIpc) is 2.95. The molecular formula is C15H18N4O4S2. The Balaban J connectivity index is 1.95. The van der Waals surface area contributed by atoms with E-state index in [1.165, 1.54) is 17.0 Å². The molecule has 1 aromatic carbocycles. The summed E-state index contributed by atoms with van der Waals surface area (Å²) in [4.78, 5) is 17.8. The maximum atomic E-state index is 11.7. The molecule has 0 unspecified atom stereocenters. The summed E-state index contributed by atoms with van der Waals surface area (Å²) in [5, 5.41) is 17.4. The number of anilines is 1. The number of primary sulfonamides is 1. The fourth-order valence-electron chi connectivity index (χ4n) is 2.99. The number of benzene rings is 1. The third-order valence-corrected chi connectivity index (χ3v) is 6.23. The number of hydrogen-bond donors (Lipinski definition) is 1. The Hall–Kier alpha value is -2.04. The highest BCUT2D eigenvalue weighted by molar-refractivity contribution is 7.89. The molecule has 8 nitrogen and oxygen atoms in total. The van der Waals surface area contributed by atoms with Gasteiger partial charge in [-0.15, -0.1) is 11.3 Å². The molecule has 1 aliphatic carbocycles. The summed E-state index contributed by atoms with van der Waals surface area (Å²) in [6, 6.07) is 4.11. The number of para-hydroxylation sites is 1. The van der Waals surface area contributed by atoms with Gasteiger partial charge in [0.05, 0.1) is 17.2 Å². The number of aryl methyl sites for hydroxylation is 2. The zero-order chi connectivity index (χ0) is 18.2. The lowest BCUT2D eigenvalue weighted by Gasteiger charge is -2.18. The normalized spacial score (nSPS) is 14.2. The van der Waals surface area contributed by atoms with Gasteiger partial charge in [0.15, 0.2) is 4.90 Å². The van der Waals surface area contributed by atoms with Crippen molar-refractivity contribution in [2.45, 2.75) is 37.1 Å². The molecule has 0 saturated carbocycles. The van der Waals surface area contributed by atoms with Gasteiger partial charge in [-0.3, -0.25) is 10.1 Å². The third kappa shape index (κ3) is 3.65. The van der Waals surface area contributed by atoms with Gasteiger partial charge in [0.1, 0.15) is 10.7 Å². The molecule has 134 valence electrons. The van der Waals surface area contributed by atoms with Gasteiger partial charge in [0.2, 0.25) is 10.0 Å². The first-order valence-corrected chi connectivity index (χ1v) is 10.1. The van der Waals surface area contributed by atoms with Gasteiger partial charge < -0.3 is 4.90 Å². The van der Waals surface area contributed by atoms with Gasteiger partial charge in [-0.1, -0.05) is 6.07 Å². The number of aromatic nitrogens is 1. The van der Waals surface area contributed by atoms with E-state index in [-0.39, 0.29) is 5.69 Å². The molecule has 25 heavy (non-hydrogen) atoms. The molecule has 0 bridgehead atoms. The maximum absolute atomic E-state index is 11.7. The summed E-state index contributed by atoms with van der Waals surface area (Å²) >= 11 is 1.62. The summed E-state index contributed by atoms with van der Waals surface area (Å²) in [7, 11) is -2.51. The van der Waals surface area contributed by atoms with E-state index in [0.29, 0.717) is 6.54 Å². The molecule has 1 aromatic heterocycles. The predicted molar refractivity (Wildman–Crippen MR) is 95.3 cm³/mol. The van der Waals surface area contributed by atoms with Crippen molar-refractivity contribution in [1.29, 1.82) is 0 Å². The van der Waals surface area contributed by atoms with Gasteiger partial charge in [-0.05, 0) is 37.8 Å². The fraction of sp³-hybridized carbons (Fsp3) is 0.400. The van der Waals surface area contributed by atoms with Gasteiger partial charge in [-0.2, -0.15) is 0 Å². The van der Waals surface area contributed by atoms with Crippen LogP contribution >= 0.6 is 11.3 Å². The molecule has 0 radical (unpaired) electrons. The van der Waals surface area contributed by atoms with E-state index in [1.807, 2.05) is 0 Å². The molecular weight excluding hydrogens is 364 g/mol. The first-order chi connectivity index (χ1) is 11.8. The van der Waals surface area contributed by atoms with Crippen LogP contribution in [0.15, 0.2) is 23.1 Å². The van der Waals surface area contributed by atoms with Crippen molar-refractivity contribution in [3.63, 3.8) is 0 Å². The minimum Gasteiger partial charge on any atom is -0.362 e. The molecule has 1 aliphatic rings. The molecule has 10 heteroatoms. The average molecular weight is 382 g/mol. The van der Waals surface area contributed by atoms with Crippen molar-refractivity contribution in [2.75, 3.05) is 11.9 Å². The van der Waals surface area contributed by atoms with Crippen LogP contribution in [0.4, 0.5) is 11.4 Å². The number of rotatable bonds is 5. The standard InChI is InChI=1S/C15H18N4O4S2/c1-18(9-14-17-10-5-2-3-7-12(10)24-14)11-6-4-8-13(25(16,22)23)15(11)19(20)21/h4,6,8H,2-3,5,7,9H2,1H3,(H2,16,22,23). The number of thiazole rings is 1. The number of hydrogen-bond acceptors (Lipinski definition) is 7. The Labute approximate surface area is 149 Å². The van der Waals surface area contributed by atoms with Crippen LogP contribution in [0.1, 0.15) is 28.4 Å². The lowest BCUT2D eigenvalue weighted by atomic mass is 10.0. The number of nitrogens with zero attached hydrogens (tertiary/aromatic N) is 3. The molecule has 0 fully saturated rings. The lowest BCUT2D eigenvalue weighted by Crippen LogP contribution is -2.20. The smallest absolute Gasteiger partial charge is 0.312 e. The van der Waals surface area contributed by atoms with Gasteiger partial charge in [0.25, 0.3) is 0 Å². The van der Waals surface area contributed by atoms with Crippen LogP contribution < -0.4 is 10.0 Å². The van der Waals surface area contributed by atoms with Crippen molar-refractivity contribution in [3.8, 4) is 0 Å². The molecule has 2 N–H and O–H groups in total. The molecule has 0 spiro atoms. The van der Waals surface area contributed by atoms with Gasteiger partial charge >= 0.3 is 5.69 Å². The van der Waals surface area contributed by atoms with Crippen molar-refractivity contribution in [2.24, 2.45) is 5.14 Å². The zero-order valence-corrected chi connectivity index (χ0v) is 15.3. The van der Waals surface area contributed by atoms with Crippen LogP contribution in [-0.4, -0.2) is 25.4 Å². The molecule has 0 saturated heterocycles. The number of nitro groups is 1. The van der Waals surface area contributed by atoms with Gasteiger partial charge in [-0.25, -0.2) is 18.5 Å². The van der Waals surface area contributed by atoms with Crippen molar-refractivity contribution in [1.82, 2.24) is 4.98 Å². The third-order valence-electron chi connectivity index (χ3n) is 4.14.